The first kappa shape index (κ1) is 15.0. The average molecular weight is 268 g/mol. The number of carbonyl (C=O) groups is 1. The van der Waals surface area contributed by atoms with Gasteiger partial charge in [-0.1, -0.05) is 12.1 Å². The van der Waals surface area contributed by atoms with Crippen molar-refractivity contribution in [2.75, 3.05) is 26.0 Å². The van der Waals surface area contributed by atoms with E-state index in [-0.39, 0.29) is 12.6 Å². The van der Waals surface area contributed by atoms with Crippen molar-refractivity contribution >= 4 is 17.7 Å². The predicted molar refractivity (Wildman–Crippen MR) is 74.7 cm³/mol. The van der Waals surface area contributed by atoms with Crippen molar-refractivity contribution in [1.82, 2.24) is 5.32 Å². The number of primary amides is 1. The van der Waals surface area contributed by atoms with E-state index in [4.69, 9.17) is 10.5 Å². The van der Waals surface area contributed by atoms with Gasteiger partial charge in [0.25, 0.3) is 0 Å². The SMILES string of the molecule is CSc1ccc(C(C)NCCOCC(N)=O)cc1. The summed E-state index contributed by atoms with van der Waals surface area (Å²) in [6, 6.07) is 8.73. The van der Waals surface area contributed by atoms with E-state index in [1.165, 1.54) is 10.5 Å². The summed E-state index contributed by atoms with van der Waals surface area (Å²) in [7, 11) is 0. The van der Waals surface area contributed by atoms with Crippen LogP contribution in [0.25, 0.3) is 0 Å². The number of nitrogens with one attached hydrogen (secondary N) is 1. The van der Waals surface area contributed by atoms with E-state index in [1.54, 1.807) is 11.8 Å². The fraction of sp³-hybridized carbons (Fsp3) is 0.462. The van der Waals surface area contributed by atoms with Crippen LogP contribution in [-0.2, 0) is 9.53 Å². The molecular weight excluding hydrogens is 248 g/mol. The fourth-order valence-corrected chi connectivity index (χ4v) is 1.94. The predicted octanol–water partition coefficient (Wildman–Crippen LogP) is 1.56. The molecule has 18 heavy (non-hydrogen) atoms. The average Bonchev–Trinajstić information content (AvgIpc) is 2.38. The lowest BCUT2D eigenvalue weighted by Crippen LogP contribution is -2.25. The molecule has 0 bridgehead atoms. The molecule has 1 amide bonds. The first-order valence-electron chi connectivity index (χ1n) is 5.87. The first-order chi connectivity index (χ1) is 8.63. The van der Waals surface area contributed by atoms with Gasteiger partial charge in [0, 0.05) is 17.5 Å². The third-order valence-corrected chi connectivity index (χ3v) is 3.30. The summed E-state index contributed by atoms with van der Waals surface area (Å²) >= 11 is 1.73. The normalized spacial score (nSPS) is 12.3. The van der Waals surface area contributed by atoms with E-state index >= 15 is 0 Å². The zero-order valence-electron chi connectivity index (χ0n) is 10.8. The van der Waals surface area contributed by atoms with E-state index in [2.05, 4.69) is 42.8 Å². The van der Waals surface area contributed by atoms with Crippen LogP contribution in [0.5, 0.6) is 0 Å². The molecule has 1 aromatic carbocycles. The number of hydrogen-bond donors (Lipinski definition) is 2. The Labute approximate surface area is 112 Å². The van der Waals surface area contributed by atoms with Gasteiger partial charge in [0.2, 0.25) is 5.91 Å². The van der Waals surface area contributed by atoms with E-state index in [9.17, 15) is 4.79 Å². The number of rotatable bonds is 8. The molecule has 0 aromatic heterocycles. The number of hydrogen-bond acceptors (Lipinski definition) is 4. The molecule has 3 N–H and O–H groups in total. The van der Waals surface area contributed by atoms with Crippen LogP contribution in [0.15, 0.2) is 29.2 Å². The lowest BCUT2D eigenvalue weighted by atomic mass is 10.1. The summed E-state index contributed by atoms with van der Waals surface area (Å²) in [6.07, 6.45) is 2.06. The topological polar surface area (TPSA) is 64.3 Å². The Morgan fingerprint density at radius 2 is 2.11 bits per heavy atom. The number of nitrogens with two attached hydrogens (primary N) is 1. The second-order valence-corrected chi connectivity index (χ2v) is 4.85. The molecule has 0 fully saturated rings. The van der Waals surface area contributed by atoms with Gasteiger partial charge in [0.1, 0.15) is 6.61 Å². The van der Waals surface area contributed by atoms with Gasteiger partial charge in [-0.05, 0) is 30.9 Å². The lowest BCUT2D eigenvalue weighted by Gasteiger charge is -2.14. The summed E-state index contributed by atoms with van der Waals surface area (Å²) in [5.41, 5.74) is 6.21. The molecule has 0 spiro atoms. The molecule has 0 saturated carbocycles. The van der Waals surface area contributed by atoms with Crippen LogP contribution in [0, 0.1) is 0 Å². The zero-order chi connectivity index (χ0) is 13.4. The molecule has 1 atom stereocenters. The Bertz CT molecular complexity index is 368. The molecule has 100 valence electrons. The van der Waals surface area contributed by atoms with E-state index in [0.717, 1.165) is 0 Å². The van der Waals surface area contributed by atoms with Crippen molar-refractivity contribution in [3.05, 3.63) is 29.8 Å². The largest absolute Gasteiger partial charge is 0.370 e. The van der Waals surface area contributed by atoms with Crippen LogP contribution in [-0.4, -0.2) is 31.9 Å². The minimum Gasteiger partial charge on any atom is -0.370 e. The van der Waals surface area contributed by atoms with Crippen molar-refractivity contribution in [2.45, 2.75) is 17.9 Å². The van der Waals surface area contributed by atoms with E-state index < -0.39 is 5.91 Å². The maximum absolute atomic E-state index is 10.5. The summed E-state index contributed by atoms with van der Waals surface area (Å²) in [5, 5.41) is 3.33. The lowest BCUT2D eigenvalue weighted by molar-refractivity contribution is -0.122. The van der Waals surface area contributed by atoms with Crippen molar-refractivity contribution in [3.8, 4) is 0 Å². The monoisotopic (exact) mass is 268 g/mol. The van der Waals surface area contributed by atoms with Crippen molar-refractivity contribution in [2.24, 2.45) is 5.73 Å². The van der Waals surface area contributed by atoms with E-state index in [1.807, 2.05) is 0 Å². The highest BCUT2D eigenvalue weighted by Gasteiger charge is 2.04. The van der Waals surface area contributed by atoms with Crippen molar-refractivity contribution in [1.29, 1.82) is 0 Å². The quantitative estimate of drug-likeness (QED) is 0.555. The second kappa shape index (κ2) is 8.13. The first-order valence-corrected chi connectivity index (χ1v) is 7.09. The van der Waals surface area contributed by atoms with E-state index in [0.29, 0.717) is 13.2 Å². The number of benzene rings is 1. The molecule has 4 nitrogen and oxygen atoms in total. The Morgan fingerprint density at radius 1 is 1.44 bits per heavy atom. The minimum absolute atomic E-state index is 0.0154. The highest BCUT2D eigenvalue weighted by Crippen LogP contribution is 2.18. The van der Waals surface area contributed by atoms with Crippen molar-refractivity contribution < 1.29 is 9.53 Å². The Morgan fingerprint density at radius 3 is 2.67 bits per heavy atom. The molecule has 0 aliphatic carbocycles. The van der Waals surface area contributed by atoms with Crippen LogP contribution in [0.2, 0.25) is 0 Å². The summed E-state index contributed by atoms with van der Waals surface area (Å²) < 4.78 is 5.08. The molecule has 0 aliphatic heterocycles. The molecule has 1 unspecified atom stereocenters. The van der Waals surface area contributed by atoms with Gasteiger partial charge in [-0.2, -0.15) is 0 Å². The maximum atomic E-state index is 10.5. The molecule has 5 heteroatoms. The maximum Gasteiger partial charge on any atom is 0.243 e. The van der Waals surface area contributed by atoms with Gasteiger partial charge in [-0.25, -0.2) is 0 Å². The highest BCUT2D eigenvalue weighted by atomic mass is 32.2. The van der Waals surface area contributed by atoms with Crippen LogP contribution in [0.3, 0.4) is 0 Å². The molecule has 0 radical (unpaired) electrons. The number of carbonyl (C=O) groups excluding carboxylic acids is 1. The molecule has 0 saturated heterocycles. The molecule has 0 heterocycles. The third kappa shape index (κ3) is 5.53. The fourth-order valence-electron chi connectivity index (χ4n) is 1.53. The van der Waals surface area contributed by atoms with Gasteiger partial charge in [0.15, 0.2) is 0 Å². The van der Waals surface area contributed by atoms with Gasteiger partial charge in [-0.3, -0.25) is 4.79 Å². The molecule has 1 aromatic rings. The van der Waals surface area contributed by atoms with Crippen LogP contribution >= 0.6 is 11.8 Å². The smallest absolute Gasteiger partial charge is 0.243 e. The minimum atomic E-state index is -0.435. The highest BCUT2D eigenvalue weighted by molar-refractivity contribution is 7.98. The van der Waals surface area contributed by atoms with Crippen LogP contribution in [0.4, 0.5) is 0 Å². The van der Waals surface area contributed by atoms with Gasteiger partial charge in [-0.15, -0.1) is 11.8 Å². The standard InChI is InChI=1S/C13H20N2O2S/c1-10(15-7-8-17-9-13(14)16)11-3-5-12(18-2)6-4-11/h3-6,10,15H,7-9H2,1-2H3,(H2,14,16). The number of amides is 1. The van der Waals surface area contributed by atoms with Crippen molar-refractivity contribution in [3.63, 3.8) is 0 Å². The summed E-state index contributed by atoms with van der Waals surface area (Å²) in [5.74, 6) is -0.435. The number of thioether (sulfide) groups is 1. The molecule has 0 aliphatic rings. The van der Waals surface area contributed by atoms with Crippen LogP contribution in [0.1, 0.15) is 18.5 Å². The molecular formula is C13H20N2O2S. The molecule has 1 rings (SSSR count). The Kier molecular flexibility index (Phi) is 6.78. The van der Waals surface area contributed by atoms with Gasteiger partial charge in [0.05, 0.1) is 6.61 Å². The third-order valence-electron chi connectivity index (χ3n) is 2.56. The van der Waals surface area contributed by atoms with Crippen LogP contribution < -0.4 is 11.1 Å². The summed E-state index contributed by atoms with van der Waals surface area (Å²) in [6.45, 7) is 3.26. The number of ether oxygens (including phenoxy) is 1. The Hall–Kier alpha value is -1.04. The summed E-state index contributed by atoms with van der Waals surface area (Å²) in [4.78, 5) is 11.7. The zero-order valence-corrected chi connectivity index (χ0v) is 11.6. The van der Waals surface area contributed by atoms with Gasteiger partial charge >= 0.3 is 0 Å². The van der Waals surface area contributed by atoms with Gasteiger partial charge < -0.3 is 15.8 Å². The Balaban J connectivity index is 2.27. The second-order valence-electron chi connectivity index (χ2n) is 3.97.